The molecule has 8 nitrogen and oxygen atoms in total. The highest BCUT2D eigenvalue weighted by atomic mass is 16.1. The van der Waals surface area contributed by atoms with Gasteiger partial charge in [-0.15, -0.1) is 0 Å². The summed E-state index contributed by atoms with van der Waals surface area (Å²) in [6.07, 6.45) is 6.68. The van der Waals surface area contributed by atoms with Crippen LogP contribution in [0.2, 0.25) is 0 Å². The van der Waals surface area contributed by atoms with Gasteiger partial charge in [0.1, 0.15) is 5.65 Å². The van der Waals surface area contributed by atoms with Crippen LogP contribution in [0.15, 0.2) is 23.1 Å². The summed E-state index contributed by atoms with van der Waals surface area (Å²) >= 11 is 0. The maximum absolute atomic E-state index is 13.3. The highest BCUT2D eigenvalue weighted by Gasteiger charge is 2.41. The molecule has 0 aliphatic carbocycles. The summed E-state index contributed by atoms with van der Waals surface area (Å²) in [5.74, 6) is 0. The quantitative estimate of drug-likeness (QED) is 0.736. The molecule has 2 N–H and O–H groups in total. The van der Waals surface area contributed by atoms with Crippen LogP contribution in [0.4, 0.5) is 5.69 Å². The Bertz CT molecular complexity index is 1100. The predicted molar refractivity (Wildman–Crippen MR) is 131 cm³/mol. The molecule has 4 aliphatic rings. The third kappa shape index (κ3) is 3.77. The molecule has 0 spiro atoms. The van der Waals surface area contributed by atoms with Gasteiger partial charge in [0.15, 0.2) is 0 Å². The van der Waals surface area contributed by atoms with Crippen molar-refractivity contribution < 1.29 is 0 Å². The monoisotopic (exact) mass is 451 g/mol. The third-order valence-electron chi connectivity index (χ3n) is 8.33. The number of hydrogen-bond acceptors (Lipinski definition) is 7. The molecule has 0 aromatic carbocycles. The molecule has 0 saturated carbocycles. The fourth-order valence-electron chi connectivity index (χ4n) is 6.63. The van der Waals surface area contributed by atoms with E-state index >= 15 is 0 Å². The smallest absolute Gasteiger partial charge is 0.258 e. The zero-order valence-electron chi connectivity index (χ0n) is 20.1. The number of nitrogens with zero attached hydrogens (tertiary/aromatic N) is 5. The molecule has 4 aliphatic heterocycles. The van der Waals surface area contributed by atoms with Crippen LogP contribution < -0.4 is 21.2 Å². The Balaban J connectivity index is 1.29. The van der Waals surface area contributed by atoms with Crippen LogP contribution in [0.1, 0.15) is 56.8 Å². The molecule has 2 aromatic heterocycles. The fourth-order valence-corrected chi connectivity index (χ4v) is 6.63. The first-order valence-corrected chi connectivity index (χ1v) is 12.8. The Morgan fingerprint density at radius 3 is 2.91 bits per heavy atom. The lowest BCUT2D eigenvalue weighted by atomic mass is 9.95. The van der Waals surface area contributed by atoms with Crippen LogP contribution in [0.3, 0.4) is 0 Å². The molecular weight excluding hydrogens is 414 g/mol. The van der Waals surface area contributed by atoms with E-state index in [1.54, 1.807) is 10.5 Å². The van der Waals surface area contributed by atoms with Crippen molar-refractivity contribution >= 4 is 11.3 Å². The summed E-state index contributed by atoms with van der Waals surface area (Å²) in [5.41, 5.74) is 7.55. The molecule has 0 radical (unpaired) electrons. The second-order valence-corrected chi connectivity index (χ2v) is 10.6. The molecule has 8 heteroatoms. The summed E-state index contributed by atoms with van der Waals surface area (Å²) in [7, 11) is 0. The summed E-state index contributed by atoms with van der Waals surface area (Å²) in [6, 6.07) is 6.08. The lowest BCUT2D eigenvalue weighted by Crippen LogP contribution is -2.61. The molecule has 5 atom stereocenters. The van der Waals surface area contributed by atoms with Crippen molar-refractivity contribution in [2.75, 3.05) is 37.6 Å². The second-order valence-electron chi connectivity index (χ2n) is 10.6. The number of anilines is 1. The minimum absolute atomic E-state index is 0.0182. The van der Waals surface area contributed by atoms with E-state index in [0.29, 0.717) is 24.2 Å². The number of hydrogen-bond donors (Lipinski definition) is 2. The van der Waals surface area contributed by atoms with E-state index < -0.39 is 0 Å². The van der Waals surface area contributed by atoms with Gasteiger partial charge < -0.3 is 10.2 Å². The normalized spacial score (nSPS) is 32.9. The van der Waals surface area contributed by atoms with Crippen molar-refractivity contribution in [3.63, 3.8) is 0 Å². The fraction of sp³-hybridized carbons (Fsp3) is 0.680. The number of aromatic nitrogens is 2. The molecule has 0 amide bonds. The van der Waals surface area contributed by atoms with Crippen molar-refractivity contribution in [1.29, 1.82) is 0 Å². The van der Waals surface area contributed by atoms with Gasteiger partial charge in [0.25, 0.3) is 5.56 Å². The van der Waals surface area contributed by atoms with Gasteiger partial charge in [-0.2, -0.15) is 0 Å². The summed E-state index contributed by atoms with van der Waals surface area (Å²) in [5, 5.41) is 6.11. The number of piperazine rings is 2. The lowest BCUT2D eigenvalue weighted by molar-refractivity contribution is 0.0866. The summed E-state index contributed by atoms with van der Waals surface area (Å²) in [4.78, 5) is 23.3. The first-order valence-electron chi connectivity index (χ1n) is 12.8. The standard InChI is InChI=1S/C25H37N7O/c1-4-20-23-11-22(28-32(23)13-17(3)26-20)21-12-24(33)31-15-19(10-16(2)25(31)27-21)30-9-8-29-7-5-6-18(29)14-30/h10,12,15,17-18,20,22-23,26,28H,4-9,11,13-14H2,1-3H3/t17?,18-,20?,22?,23?/m1/s1. The molecule has 4 saturated heterocycles. The summed E-state index contributed by atoms with van der Waals surface area (Å²) < 4.78 is 1.76. The first kappa shape index (κ1) is 21.5. The average Bonchev–Trinajstić information content (AvgIpc) is 3.45. The third-order valence-corrected chi connectivity index (χ3v) is 8.33. The van der Waals surface area contributed by atoms with Gasteiger partial charge in [-0.3, -0.25) is 14.1 Å². The highest BCUT2D eigenvalue weighted by molar-refractivity contribution is 5.58. The molecule has 33 heavy (non-hydrogen) atoms. The van der Waals surface area contributed by atoms with Crippen molar-refractivity contribution in [2.45, 2.75) is 76.7 Å². The largest absolute Gasteiger partial charge is 0.367 e. The van der Waals surface area contributed by atoms with Crippen molar-refractivity contribution in [1.82, 2.24) is 30.0 Å². The van der Waals surface area contributed by atoms with Crippen molar-refractivity contribution in [2.24, 2.45) is 0 Å². The van der Waals surface area contributed by atoms with E-state index in [1.165, 1.54) is 19.4 Å². The molecule has 4 unspecified atom stereocenters. The van der Waals surface area contributed by atoms with E-state index in [1.807, 2.05) is 6.20 Å². The molecule has 178 valence electrons. The second kappa shape index (κ2) is 8.34. The predicted octanol–water partition coefficient (Wildman–Crippen LogP) is 1.68. The van der Waals surface area contributed by atoms with E-state index in [4.69, 9.17) is 4.98 Å². The van der Waals surface area contributed by atoms with Crippen LogP contribution in [0.25, 0.3) is 5.65 Å². The van der Waals surface area contributed by atoms with Gasteiger partial charge in [0, 0.05) is 62.6 Å². The van der Waals surface area contributed by atoms with Crippen molar-refractivity contribution in [3.8, 4) is 0 Å². The summed E-state index contributed by atoms with van der Waals surface area (Å²) in [6.45, 7) is 12.0. The number of pyridine rings is 1. The van der Waals surface area contributed by atoms with Crippen LogP contribution in [-0.4, -0.2) is 76.2 Å². The van der Waals surface area contributed by atoms with Crippen LogP contribution >= 0.6 is 0 Å². The molecule has 6 heterocycles. The number of aryl methyl sites for hydroxylation is 1. The number of fused-ring (bicyclic) bond motifs is 3. The Morgan fingerprint density at radius 1 is 1.18 bits per heavy atom. The lowest BCUT2D eigenvalue weighted by Gasteiger charge is -2.40. The maximum atomic E-state index is 13.3. The highest BCUT2D eigenvalue weighted by Crippen LogP contribution is 2.32. The minimum atomic E-state index is 0.0182. The Hall–Kier alpha value is -2.00. The Morgan fingerprint density at radius 2 is 2.06 bits per heavy atom. The maximum Gasteiger partial charge on any atom is 0.258 e. The Labute approximate surface area is 195 Å². The van der Waals surface area contributed by atoms with Gasteiger partial charge in [0.2, 0.25) is 0 Å². The first-order chi connectivity index (χ1) is 16.0. The van der Waals surface area contributed by atoms with Gasteiger partial charge in [-0.25, -0.2) is 15.4 Å². The van der Waals surface area contributed by atoms with Crippen LogP contribution in [-0.2, 0) is 0 Å². The number of hydrazine groups is 1. The van der Waals surface area contributed by atoms with Gasteiger partial charge >= 0.3 is 0 Å². The van der Waals surface area contributed by atoms with E-state index in [9.17, 15) is 4.79 Å². The topological polar surface area (TPSA) is 68.2 Å². The van der Waals surface area contributed by atoms with Gasteiger partial charge in [-0.05, 0) is 57.7 Å². The molecule has 0 bridgehead atoms. The molecule has 4 fully saturated rings. The van der Waals surface area contributed by atoms with Crippen LogP contribution in [0, 0.1) is 6.92 Å². The van der Waals surface area contributed by atoms with Gasteiger partial charge in [-0.1, -0.05) is 6.92 Å². The van der Waals surface area contributed by atoms with E-state index in [0.717, 1.165) is 61.6 Å². The molecule has 2 aromatic rings. The zero-order valence-corrected chi connectivity index (χ0v) is 20.1. The zero-order chi connectivity index (χ0) is 22.7. The SMILES string of the molecule is CCC1NC(C)CN2NC(c3cc(=O)n4cc(N5CCN6CCC[C@@H]6C5)cc(C)c4n3)CC12. The number of nitrogens with one attached hydrogen (secondary N) is 2. The number of rotatable bonds is 3. The molecular formula is C25H37N7O. The van der Waals surface area contributed by atoms with E-state index in [-0.39, 0.29) is 11.6 Å². The average molecular weight is 452 g/mol. The van der Waals surface area contributed by atoms with Crippen molar-refractivity contribution in [3.05, 3.63) is 39.9 Å². The van der Waals surface area contributed by atoms with E-state index in [2.05, 4.69) is 52.4 Å². The van der Waals surface area contributed by atoms with Gasteiger partial charge in [0.05, 0.1) is 17.4 Å². The minimum Gasteiger partial charge on any atom is -0.367 e. The van der Waals surface area contributed by atoms with Crippen LogP contribution in [0.5, 0.6) is 0 Å². The Kier molecular flexibility index (Phi) is 5.44. The molecule has 6 rings (SSSR count).